The number of rotatable bonds is 5. The average molecular weight is 249 g/mol. The molecule has 4 nitrogen and oxygen atoms in total. The highest BCUT2D eigenvalue weighted by molar-refractivity contribution is 8.00. The predicted octanol–water partition coefficient (Wildman–Crippen LogP) is 1.70. The molecule has 17 heavy (non-hydrogen) atoms. The second-order valence-electron chi connectivity index (χ2n) is 3.59. The van der Waals surface area contributed by atoms with E-state index in [1.807, 2.05) is 31.2 Å². The number of amides is 1. The first-order valence-electron chi connectivity index (χ1n) is 5.26. The van der Waals surface area contributed by atoms with Crippen LogP contribution in [0.3, 0.4) is 0 Å². The van der Waals surface area contributed by atoms with Crippen molar-refractivity contribution < 1.29 is 4.79 Å². The van der Waals surface area contributed by atoms with Crippen LogP contribution in [0.25, 0.3) is 0 Å². The summed E-state index contributed by atoms with van der Waals surface area (Å²) in [7, 11) is 0. The molecular weight excluding hydrogens is 234 g/mol. The van der Waals surface area contributed by atoms with Crippen molar-refractivity contribution in [1.29, 1.82) is 5.26 Å². The first-order valence-corrected chi connectivity index (χ1v) is 6.24. The Morgan fingerprint density at radius 2 is 2.35 bits per heavy atom. The van der Waals surface area contributed by atoms with E-state index < -0.39 is 0 Å². The fraction of sp³-hybridized carbons (Fsp3) is 0.333. The van der Waals surface area contributed by atoms with E-state index in [0.29, 0.717) is 24.4 Å². The van der Waals surface area contributed by atoms with Gasteiger partial charge >= 0.3 is 0 Å². The van der Waals surface area contributed by atoms with Gasteiger partial charge in [0.1, 0.15) is 0 Å². The summed E-state index contributed by atoms with van der Waals surface area (Å²) in [5.74, 6) is 0.241. The van der Waals surface area contributed by atoms with E-state index in [9.17, 15) is 4.79 Å². The molecule has 0 fully saturated rings. The number of hydrogen-bond acceptors (Lipinski definition) is 4. The third kappa shape index (κ3) is 4.79. The lowest BCUT2D eigenvalue weighted by Crippen LogP contribution is -2.25. The predicted molar refractivity (Wildman–Crippen MR) is 69.6 cm³/mol. The molecule has 0 radical (unpaired) electrons. The Morgan fingerprint density at radius 3 is 3.06 bits per heavy atom. The number of nitrogen functional groups attached to an aromatic ring is 1. The minimum absolute atomic E-state index is 0.0776. The number of nitrogens with two attached hydrogens (primary N) is 1. The Labute approximate surface area is 105 Å². The van der Waals surface area contributed by atoms with Crippen LogP contribution in [0.4, 0.5) is 5.69 Å². The second kappa shape index (κ2) is 6.81. The largest absolute Gasteiger partial charge is 0.398 e. The topological polar surface area (TPSA) is 78.9 Å². The van der Waals surface area contributed by atoms with Crippen molar-refractivity contribution in [3.63, 3.8) is 0 Å². The molecule has 0 saturated carbocycles. The molecule has 0 aromatic heterocycles. The normalized spacial score (nSPS) is 9.65. The number of thioether (sulfide) groups is 1. The van der Waals surface area contributed by atoms with Crippen molar-refractivity contribution >= 4 is 23.4 Å². The number of aryl methyl sites for hydroxylation is 1. The average Bonchev–Trinajstić information content (AvgIpc) is 2.31. The molecule has 1 amide bonds. The van der Waals surface area contributed by atoms with E-state index in [1.54, 1.807) is 0 Å². The number of carbonyl (C=O) groups is 1. The van der Waals surface area contributed by atoms with Gasteiger partial charge in [-0.3, -0.25) is 4.79 Å². The van der Waals surface area contributed by atoms with Gasteiger partial charge in [0.25, 0.3) is 0 Å². The SMILES string of the molecule is Cc1ccc(N)c(SCC(=O)NCCC#N)c1. The van der Waals surface area contributed by atoms with E-state index in [0.717, 1.165) is 10.5 Å². The van der Waals surface area contributed by atoms with Crippen molar-refractivity contribution in [3.8, 4) is 6.07 Å². The molecule has 0 aliphatic carbocycles. The minimum atomic E-state index is -0.0776. The van der Waals surface area contributed by atoms with Crippen LogP contribution >= 0.6 is 11.8 Å². The molecule has 0 saturated heterocycles. The third-order valence-corrected chi connectivity index (χ3v) is 3.16. The first kappa shape index (κ1) is 13.4. The van der Waals surface area contributed by atoms with Gasteiger partial charge in [-0.25, -0.2) is 0 Å². The van der Waals surface area contributed by atoms with E-state index in [1.165, 1.54) is 11.8 Å². The molecule has 0 spiro atoms. The summed E-state index contributed by atoms with van der Waals surface area (Å²) in [4.78, 5) is 12.3. The summed E-state index contributed by atoms with van der Waals surface area (Å²) < 4.78 is 0. The highest BCUT2D eigenvalue weighted by atomic mass is 32.2. The molecule has 0 aliphatic heterocycles. The molecule has 90 valence electrons. The van der Waals surface area contributed by atoms with Crippen molar-refractivity contribution in [3.05, 3.63) is 23.8 Å². The van der Waals surface area contributed by atoms with Gasteiger partial charge in [-0.05, 0) is 24.6 Å². The van der Waals surface area contributed by atoms with Crippen molar-refractivity contribution in [2.75, 3.05) is 18.0 Å². The van der Waals surface area contributed by atoms with Gasteiger partial charge in [0.2, 0.25) is 5.91 Å². The zero-order valence-electron chi connectivity index (χ0n) is 9.69. The smallest absolute Gasteiger partial charge is 0.230 e. The number of nitrogens with zero attached hydrogens (tertiary/aromatic N) is 1. The van der Waals surface area contributed by atoms with Gasteiger partial charge in [-0.1, -0.05) is 6.07 Å². The van der Waals surface area contributed by atoms with Crippen LogP contribution in [0.1, 0.15) is 12.0 Å². The molecule has 5 heteroatoms. The van der Waals surface area contributed by atoms with E-state index in [2.05, 4.69) is 5.32 Å². The summed E-state index contributed by atoms with van der Waals surface area (Å²) in [6.07, 6.45) is 0.336. The Balaban J connectivity index is 2.42. The van der Waals surface area contributed by atoms with Gasteiger partial charge < -0.3 is 11.1 Å². The Bertz CT molecular complexity index is 440. The molecule has 1 aromatic rings. The third-order valence-electron chi connectivity index (χ3n) is 2.09. The summed E-state index contributed by atoms with van der Waals surface area (Å²) in [6.45, 7) is 2.38. The number of carbonyl (C=O) groups excluding carboxylic acids is 1. The van der Waals surface area contributed by atoms with Gasteiger partial charge in [0.05, 0.1) is 18.2 Å². The molecule has 3 N–H and O–H groups in total. The number of benzene rings is 1. The molecule has 1 rings (SSSR count). The summed E-state index contributed by atoms with van der Waals surface area (Å²) in [6, 6.07) is 7.71. The van der Waals surface area contributed by atoms with Crippen LogP contribution in [0.15, 0.2) is 23.1 Å². The van der Waals surface area contributed by atoms with Gasteiger partial charge in [0.15, 0.2) is 0 Å². The van der Waals surface area contributed by atoms with E-state index in [4.69, 9.17) is 11.0 Å². The minimum Gasteiger partial charge on any atom is -0.398 e. The fourth-order valence-corrected chi connectivity index (χ4v) is 2.11. The number of hydrogen-bond donors (Lipinski definition) is 2. The van der Waals surface area contributed by atoms with Crippen LogP contribution in [-0.2, 0) is 4.79 Å². The molecule has 1 aromatic carbocycles. The Kier molecular flexibility index (Phi) is 5.37. The van der Waals surface area contributed by atoms with Gasteiger partial charge in [-0.2, -0.15) is 5.26 Å². The zero-order valence-corrected chi connectivity index (χ0v) is 10.5. The van der Waals surface area contributed by atoms with Crippen LogP contribution in [-0.4, -0.2) is 18.2 Å². The maximum atomic E-state index is 11.4. The monoisotopic (exact) mass is 249 g/mol. The highest BCUT2D eigenvalue weighted by Crippen LogP contribution is 2.25. The maximum Gasteiger partial charge on any atom is 0.230 e. The Morgan fingerprint density at radius 1 is 1.59 bits per heavy atom. The molecular formula is C12H15N3OS. The fourth-order valence-electron chi connectivity index (χ4n) is 1.22. The van der Waals surface area contributed by atoms with Gasteiger partial charge in [-0.15, -0.1) is 11.8 Å². The molecule has 0 aliphatic rings. The van der Waals surface area contributed by atoms with E-state index in [-0.39, 0.29) is 5.91 Å². The zero-order chi connectivity index (χ0) is 12.7. The first-order chi connectivity index (χ1) is 8.13. The standard InChI is InChI=1S/C12H15N3OS/c1-9-3-4-10(14)11(7-9)17-8-12(16)15-6-2-5-13/h3-4,7H,2,6,8,14H2,1H3,(H,15,16). The van der Waals surface area contributed by atoms with Crippen molar-refractivity contribution in [1.82, 2.24) is 5.32 Å². The lowest BCUT2D eigenvalue weighted by Gasteiger charge is -2.06. The number of nitrogens with one attached hydrogen (secondary N) is 1. The molecule has 0 bridgehead atoms. The maximum absolute atomic E-state index is 11.4. The number of nitriles is 1. The lowest BCUT2D eigenvalue weighted by molar-refractivity contribution is -0.118. The summed E-state index contributed by atoms with van der Waals surface area (Å²) >= 11 is 1.41. The second-order valence-corrected chi connectivity index (χ2v) is 4.61. The Hall–Kier alpha value is -1.67. The quantitative estimate of drug-likeness (QED) is 0.473. The summed E-state index contributed by atoms with van der Waals surface area (Å²) in [5, 5.41) is 11.0. The molecule has 0 heterocycles. The highest BCUT2D eigenvalue weighted by Gasteiger charge is 2.05. The van der Waals surface area contributed by atoms with Crippen LogP contribution < -0.4 is 11.1 Å². The molecule has 0 atom stereocenters. The van der Waals surface area contributed by atoms with Crippen LogP contribution in [0.5, 0.6) is 0 Å². The van der Waals surface area contributed by atoms with E-state index >= 15 is 0 Å². The molecule has 0 unspecified atom stereocenters. The summed E-state index contributed by atoms with van der Waals surface area (Å²) in [5.41, 5.74) is 7.60. The van der Waals surface area contributed by atoms with Gasteiger partial charge in [0, 0.05) is 17.1 Å². The van der Waals surface area contributed by atoms with Crippen LogP contribution in [0, 0.1) is 18.3 Å². The van der Waals surface area contributed by atoms with Crippen molar-refractivity contribution in [2.24, 2.45) is 0 Å². The number of anilines is 1. The van der Waals surface area contributed by atoms with Crippen molar-refractivity contribution in [2.45, 2.75) is 18.2 Å². The van der Waals surface area contributed by atoms with Crippen LogP contribution in [0.2, 0.25) is 0 Å². The lowest BCUT2D eigenvalue weighted by atomic mass is 10.2.